The quantitative estimate of drug-likeness (QED) is 0.293. The number of nitrogens with two attached hydrogens (primary N) is 2. The first-order valence-corrected chi connectivity index (χ1v) is 4.97. The second-order valence-electron chi connectivity index (χ2n) is 3.37. The summed E-state index contributed by atoms with van der Waals surface area (Å²) in [5.74, 6) is 4.65. The number of hydrazine groups is 1. The minimum absolute atomic E-state index is 0.0123. The zero-order valence-electron chi connectivity index (χ0n) is 9.64. The van der Waals surface area contributed by atoms with Gasteiger partial charge in [-0.05, 0) is 6.92 Å². The van der Waals surface area contributed by atoms with Crippen molar-refractivity contribution < 1.29 is 9.72 Å². The Kier molecular flexibility index (Phi) is 4.32. The van der Waals surface area contributed by atoms with Crippen LogP contribution in [0.5, 0.6) is 0 Å². The van der Waals surface area contributed by atoms with E-state index in [1.165, 1.54) is 6.92 Å². The summed E-state index contributed by atoms with van der Waals surface area (Å²) in [6.07, 6.45) is 0.0333. The summed E-state index contributed by atoms with van der Waals surface area (Å²) in [7, 11) is 0. The SMILES string of the molecule is Cc1nc(NN)nc(NCCC(N)=O)c1[N+](=O)[O-]. The highest BCUT2D eigenvalue weighted by atomic mass is 16.6. The van der Waals surface area contributed by atoms with Crippen molar-refractivity contribution >= 4 is 23.4 Å². The molecule has 1 amide bonds. The van der Waals surface area contributed by atoms with Crippen LogP contribution in [0.4, 0.5) is 17.5 Å². The molecule has 1 aromatic heterocycles. The molecule has 1 aromatic rings. The number of primary amides is 1. The van der Waals surface area contributed by atoms with Crippen LogP contribution in [-0.2, 0) is 4.79 Å². The average Bonchev–Trinajstić information content (AvgIpc) is 2.27. The average molecular weight is 255 g/mol. The molecule has 98 valence electrons. The van der Waals surface area contributed by atoms with Crippen molar-refractivity contribution in [1.82, 2.24) is 9.97 Å². The van der Waals surface area contributed by atoms with Gasteiger partial charge in [-0.3, -0.25) is 20.3 Å². The minimum Gasteiger partial charge on any atom is -0.370 e. The molecule has 0 bridgehead atoms. The number of anilines is 2. The molecular formula is C8H13N7O3. The third kappa shape index (κ3) is 3.25. The first-order valence-electron chi connectivity index (χ1n) is 4.97. The van der Waals surface area contributed by atoms with E-state index < -0.39 is 10.8 Å². The van der Waals surface area contributed by atoms with E-state index in [2.05, 4.69) is 20.7 Å². The van der Waals surface area contributed by atoms with Crippen LogP contribution in [0.1, 0.15) is 12.1 Å². The van der Waals surface area contributed by atoms with Crippen LogP contribution >= 0.6 is 0 Å². The van der Waals surface area contributed by atoms with Gasteiger partial charge in [0.1, 0.15) is 5.69 Å². The van der Waals surface area contributed by atoms with Crippen LogP contribution in [-0.4, -0.2) is 27.3 Å². The van der Waals surface area contributed by atoms with E-state index in [0.717, 1.165) is 0 Å². The lowest BCUT2D eigenvalue weighted by atomic mass is 10.3. The largest absolute Gasteiger partial charge is 0.370 e. The fraction of sp³-hybridized carbons (Fsp3) is 0.375. The first-order chi connectivity index (χ1) is 8.45. The van der Waals surface area contributed by atoms with Gasteiger partial charge < -0.3 is 11.1 Å². The smallest absolute Gasteiger partial charge is 0.332 e. The maximum atomic E-state index is 10.9. The van der Waals surface area contributed by atoms with E-state index in [0.29, 0.717) is 0 Å². The Morgan fingerprint density at radius 2 is 2.17 bits per heavy atom. The Morgan fingerprint density at radius 3 is 2.67 bits per heavy atom. The highest BCUT2D eigenvalue weighted by molar-refractivity contribution is 5.74. The van der Waals surface area contributed by atoms with Crippen LogP contribution in [0, 0.1) is 17.0 Å². The first kappa shape index (κ1) is 13.6. The van der Waals surface area contributed by atoms with Crippen LogP contribution < -0.4 is 22.3 Å². The second kappa shape index (κ2) is 5.72. The van der Waals surface area contributed by atoms with Crippen molar-refractivity contribution in [1.29, 1.82) is 0 Å². The normalized spacial score (nSPS) is 9.89. The number of hydrogen-bond acceptors (Lipinski definition) is 8. The number of aromatic nitrogens is 2. The van der Waals surface area contributed by atoms with Gasteiger partial charge in [-0.25, -0.2) is 10.8 Å². The molecule has 1 rings (SSSR count). The number of nitro groups is 1. The number of nitrogens with zero attached hydrogens (tertiary/aromatic N) is 3. The lowest BCUT2D eigenvalue weighted by Crippen LogP contribution is -2.18. The lowest BCUT2D eigenvalue weighted by Gasteiger charge is -2.08. The fourth-order valence-corrected chi connectivity index (χ4v) is 1.28. The zero-order valence-corrected chi connectivity index (χ0v) is 9.64. The number of hydrogen-bond donors (Lipinski definition) is 4. The summed E-state index contributed by atoms with van der Waals surface area (Å²) < 4.78 is 0. The van der Waals surface area contributed by atoms with E-state index in [1.54, 1.807) is 0 Å². The molecule has 0 aliphatic carbocycles. The molecule has 1 heterocycles. The van der Waals surface area contributed by atoms with E-state index in [4.69, 9.17) is 11.6 Å². The molecule has 0 saturated carbocycles. The molecule has 10 heteroatoms. The van der Waals surface area contributed by atoms with Gasteiger partial charge in [0.25, 0.3) is 0 Å². The van der Waals surface area contributed by atoms with Gasteiger partial charge in [-0.2, -0.15) is 4.98 Å². The maximum absolute atomic E-state index is 10.9. The number of amides is 1. The number of nitrogen functional groups attached to an aromatic ring is 1. The maximum Gasteiger partial charge on any atom is 0.332 e. The molecule has 0 atom stereocenters. The number of carbonyl (C=O) groups excluding carboxylic acids is 1. The number of carbonyl (C=O) groups is 1. The summed E-state index contributed by atoms with van der Waals surface area (Å²) in [4.78, 5) is 28.5. The molecule has 6 N–H and O–H groups in total. The van der Waals surface area contributed by atoms with Gasteiger partial charge in [0.05, 0.1) is 4.92 Å². The van der Waals surface area contributed by atoms with Crippen LogP contribution in [0.2, 0.25) is 0 Å². The van der Waals surface area contributed by atoms with E-state index in [9.17, 15) is 14.9 Å². The van der Waals surface area contributed by atoms with Crippen molar-refractivity contribution in [3.63, 3.8) is 0 Å². The molecule has 0 aliphatic rings. The number of nitrogens with one attached hydrogen (secondary N) is 2. The molecule has 0 unspecified atom stereocenters. The fourth-order valence-electron chi connectivity index (χ4n) is 1.28. The van der Waals surface area contributed by atoms with E-state index in [-0.39, 0.29) is 36.1 Å². The highest BCUT2D eigenvalue weighted by Crippen LogP contribution is 2.26. The van der Waals surface area contributed by atoms with Gasteiger partial charge in [0, 0.05) is 13.0 Å². The molecule has 0 aliphatic heterocycles. The summed E-state index contributed by atoms with van der Waals surface area (Å²) in [5, 5.41) is 13.5. The van der Waals surface area contributed by atoms with Crippen LogP contribution in [0.25, 0.3) is 0 Å². The van der Waals surface area contributed by atoms with E-state index >= 15 is 0 Å². The van der Waals surface area contributed by atoms with Crippen molar-refractivity contribution in [3.8, 4) is 0 Å². The standard InChI is InChI=1S/C8H13N7O3/c1-4-6(15(17)18)7(11-3-2-5(9)16)13-8(12-4)14-10/h2-3,10H2,1H3,(H2,9,16)(H2,11,12,13,14). The van der Waals surface area contributed by atoms with Gasteiger partial charge in [-0.15, -0.1) is 0 Å². The Hall–Kier alpha value is -2.49. The zero-order chi connectivity index (χ0) is 13.7. The summed E-state index contributed by atoms with van der Waals surface area (Å²) >= 11 is 0. The molecular weight excluding hydrogens is 242 g/mol. The van der Waals surface area contributed by atoms with Gasteiger partial charge >= 0.3 is 5.69 Å². The Morgan fingerprint density at radius 1 is 1.50 bits per heavy atom. The summed E-state index contributed by atoms with van der Waals surface area (Å²) in [5.41, 5.74) is 7.05. The lowest BCUT2D eigenvalue weighted by molar-refractivity contribution is -0.385. The molecule has 18 heavy (non-hydrogen) atoms. The number of aryl methyl sites for hydroxylation is 1. The van der Waals surface area contributed by atoms with Gasteiger partial charge in [0.2, 0.25) is 17.7 Å². The van der Waals surface area contributed by atoms with E-state index in [1.807, 2.05) is 0 Å². The molecule has 0 saturated heterocycles. The second-order valence-corrected chi connectivity index (χ2v) is 3.37. The highest BCUT2D eigenvalue weighted by Gasteiger charge is 2.21. The third-order valence-corrected chi connectivity index (χ3v) is 2.03. The molecule has 0 fully saturated rings. The Bertz CT molecular complexity index is 476. The molecule has 0 spiro atoms. The topological polar surface area (TPSA) is 162 Å². The Labute approximate surface area is 102 Å². The monoisotopic (exact) mass is 255 g/mol. The van der Waals surface area contributed by atoms with Crippen molar-refractivity contribution in [3.05, 3.63) is 15.8 Å². The predicted molar refractivity (Wildman–Crippen MR) is 63.5 cm³/mol. The summed E-state index contributed by atoms with van der Waals surface area (Å²) in [6, 6.07) is 0. The molecule has 0 radical (unpaired) electrons. The van der Waals surface area contributed by atoms with Crippen LogP contribution in [0.15, 0.2) is 0 Å². The Balaban J connectivity index is 3.01. The molecule has 0 aromatic carbocycles. The van der Waals surface area contributed by atoms with Crippen LogP contribution in [0.3, 0.4) is 0 Å². The van der Waals surface area contributed by atoms with Crippen molar-refractivity contribution in [2.24, 2.45) is 11.6 Å². The molecule has 10 nitrogen and oxygen atoms in total. The third-order valence-electron chi connectivity index (χ3n) is 2.03. The van der Waals surface area contributed by atoms with Crippen molar-refractivity contribution in [2.75, 3.05) is 17.3 Å². The summed E-state index contributed by atoms with van der Waals surface area (Å²) in [6.45, 7) is 1.59. The minimum atomic E-state index is -0.609. The van der Waals surface area contributed by atoms with Gasteiger partial charge in [-0.1, -0.05) is 0 Å². The number of rotatable bonds is 6. The van der Waals surface area contributed by atoms with Crippen molar-refractivity contribution in [2.45, 2.75) is 13.3 Å². The predicted octanol–water partition coefficient (Wildman–Crippen LogP) is -0.734. The van der Waals surface area contributed by atoms with Gasteiger partial charge in [0.15, 0.2) is 0 Å².